The second kappa shape index (κ2) is 9.05. The summed E-state index contributed by atoms with van der Waals surface area (Å²) in [6, 6.07) is 4.65. The van der Waals surface area contributed by atoms with Crippen molar-refractivity contribution in [1.82, 2.24) is 0 Å². The van der Waals surface area contributed by atoms with Gasteiger partial charge < -0.3 is 10.1 Å². The Morgan fingerprint density at radius 1 is 1.12 bits per heavy atom. The molecular weight excluding hydrogens is 362 g/mol. The fraction of sp³-hybridized carbons (Fsp3) is 0.278. The number of carbonyl (C=O) groups excluding carboxylic acids is 5. The number of methoxy groups -OCH3 is 1. The maximum absolute atomic E-state index is 12.4. The van der Waals surface area contributed by atoms with Crippen LogP contribution >= 0.6 is 11.6 Å². The Kier molecular flexibility index (Phi) is 7.40. The van der Waals surface area contributed by atoms with E-state index in [2.05, 4.69) is 10.1 Å². The van der Waals surface area contributed by atoms with Crippen LogP contribution in [0.3, 0.4) is 0 Å². The average Bonchev–Trinajstić information content (AvgIpc) is 2.57. The number of esters is 1. The van der Waals surface area contributed by atoms with Gasteiger partial charge in [-0.3, -0.25) is 19.2 Å². The topological polar surface area (TPSA) is 107 Å². The van der Waals surface area contributed by atoms with Gasteiger partial charge in [0.25, 0.3) is 11.7 Å². The third-order valence-corrected chi connectivity index (χ3v) is 3.78. The lowest BCUT2D eigenvalue weighted by atomic mass is 9.92. The van der Waals surface area contributed by atoms with Gasteiger partial charge in [-0.2, -0.15) is 0 Å². The summed E-state index contributed by atoms with van der Waals surface area (Å²) in [4.78, 5) is 60.4. The highest BCUT2D eigenvalue weighted by Crippen LogP contribution is 2.23. The number of ketones is 3. The van der Waals surface area contributed by atoms with Crippen molar-refractivity contribution in [3.05, 3.63) is 40.4 Å². The van der Waals surface area contributed by atoms with Crippen molar-refractivity contribution in [2.45, 2.75) is 20.8 Å². The van der Waals surface area contributed by atoms with Gasteiger partial charge in [0.1, 0.15) is 0 Å². The van der Waals surface area contributed by atoms with Crippen LogP contribution in [-0.2, 0) is 28.7 Å². The quantitative estimate of drug-likeness (QED) is 0.336. The largest absolute Gasteiger partial charge is 0.463 e. The van der Waals surface area contributed by atoms with Gasteiger partial charge in [-0.15, -0.1) is 0 Å². The molecule has 1 atom stereocenters. The first-order valence-corrected chi connectivity index (χ1v) is 7.89. The van der Waals surface area contributed by atoms with Crippen molar-refractivity contribution < 1.29 is 28.7 Å². The van der Waals surface area contributed by atoms with E-state index in [1.165, 1.54) is 6.07 Å². The predicted octanol–water partition coefficient (Wildman–Crippen LogP) is 2.05. The second-order valence-corrected chi connectivity index (χ2v) is 6.05. The van der Waals surface area contributed by atoms with Gasteiger partial charge in [-0.25, -0.2) is 4.79 Å². The number of anilines is 1. The standard InChI is InChI=1S/C18H18ClNO6/c1-9(2)8-13(21)14(16(23)18(25)26-4)15(22)17(24)20-12-7-5-6-11(19)10(12)3/h5-8,14H,1-4H3,(H,20,24). The van der Waals surface area contributed by atoms with Gasteiger partial charge in [0, 0.05) is 10.7 Å². The molecular formula is C18H18ClNO6. The van der Waals surface area contributed by atoms with Crippen LogP contribution in [0, 0.1) is 12.8 Å². The lowest BCUT2D eigenvalue weighted by Crippen LogP contribution is -2.42. The van der Waals surface area contributed by atoms with Crippen LogP contribution in [0.15, 0.2) is 29.8 Å². The zero-order chi connectivity index (χ0) is 20.0. The molecule has 0 aliphatic carbocycles. The van der Waals surface area contributed by atoms with Gasteiger partial charge in [-0.1, -0.05) is 23.2 Å². The van der Waals surface area contributed by atoms with Crippen molar-refractivity contribution >= 4 is 46.5 Å². The summed E-state index contributed by atoms with van der Waals surface area (Å²) in [6.07, 6.45) is 1.02. The molecule has 0 fully saturated rings. The first kappa shape index (κ1) is 21.2. The van der Waals surface area contributed by atoms with E-state index in [1.54, 1.807) is 32.9 Å². The van der Waals surface area contributed by atoms with Crippen LogP contribution in [-0.4, -0.2) is 36.3 Å². The lowest BCUT2D eigenvalue weighted by molar-refractivity contribution is -0.157. The predicted molar refractivity (Wildman–Crippen MR) is 94.8 cm³/mol. The Labute approximate surface area is 155 Å². The number of rotatable bonds is 7. The number of carbonyl (C=O) groups is 5. The molecule has 0 saturated heterocycles. The van der Waals surface area contributed by atoms with E-state index in [1.807, 2.05) is 0 Å². The fourth-order valence-electron chi connectivity index (χ4n) is 2.02. The highest BCUT2D eigenvalue weighted by molar-refractivity contribution is 6.55. The maximum Gasteiger partial charge on any atom is 0.375 e. The van der Waals surface area contributed by atoms with E-state index in [4.69, 9.17) is 11.6 Å². The molecule has 0 aromatic heterocycles. The summed E-state index contributed by atoms with van der Waals surface area (Å²) >= 11 is 5.94. The third-order valence-electron chi connectivity index (χ3n) is 3.37. The maximum atomic E-state index is 12.4. The summed E-state index contributed by atoms with van der Waals surface area (Å²) in [7, 11) is 0.933. The molecule has 0 heterocycles. The molecule has 1 rings (SSSR count). The van der Waals surface area contributed by atoms with Crippen LogP contribution in [0.5, 0.6) is 0 Å². The number of ether oxygens (including phenoxy) is 1. The first-order chi connectivity index (χ1) is 12.1. The Balaban J connectivity index is 3.18. The molecule has 0 saturated carbocycles. The van der Waals surface area contributed by atoms with Gasteiger partial charge in [0.2, 0.25) is 5.78 Å². The van der Waals surface area contributed by atoms with Crippen LogP contribution in [0.25, 0.3) is 0 Å². The van der Waals surface area contributed by atoms with Crippen molar-refractivity contribution in [2.24, 2.45) is 5.92 Å². The molecule has 0 aliphatic heterocycles. The zero-order valence-electron chi connectivity index (χ0n) is 14.7. The minimum atomic E-state index is -2.10. The Morgan fingerprint density at radius 3 is 2.27 bits per heavy atom. The molecule has 0 spiro atoms. The third kappa shape index (κ3) is 5.10. The molecule has 26 heavy (non-hydrogen) atoms. The van der Waals surface area contributed by atoms with Gasteiger partial charge in [0.15, 0.2) is 11.7 Å². The van der Waals surface area contributed by atoms with Gasteiger partial charge >= 0.3 is 5.97 Å². The Hall–Kier alpha value is -2.80. The van der Waals surface area contributed by atoms with Crippen molar-refractivity contribution in [2.75, 3.05) is 12.4 Å². The average molecular weight is 380 g/mol. The number of amides is 1. The van der Waals surface area contributed by atoms with E-state index in [-0.39, 0.29) is 5.69 Å². The molecule has 1 aromatic rings. The van der Waals surface area contributed by atoms with E-state index in [0.717, 1.165) is 13.2 Å². The SMILES string of the molecule is COC(=O)C(=O)C(C(=O)C=C(C)C)C(=O)C(=O)Nc1cccc(Cl)c1C. The normalized spacial score (nSPS) is 11.1. The summed E-state index contributed by atoms with van der Waals surface area (Å²) in [5.74, 6) is -8.43. The molecule has 0 aliphatic rings. The molecule has 0 bridgehead atoms. The monoisotopic (exact) mass is 379 g/mol. The van der Waals surface area contributed by atoms with E-state index >= 15 is 0 Å². The zero-order valence-corrected chi connectivity index (χ0v) is 15.5. The van der Waals surface area contributed by atoms with E-state index < -0.39 is 35.1 Å². The molecule has 1 aromatic carbocycles. The molecule has 138 valence electrons. The smallest absolute Gasteiger partial charge is 0.375 e. The molecule has 1 N–H and O–H groups in total. The number of allylic oxidation sites excluding steroid dienone is 2. The van der Waals surface area contributed by atoms with Gasteiger partial charge in [0.05, 0.1) is 7.11 Å². The van der Waals surface area contributed by atoms with Crippen LogP contribution in [0.4, 0.5) is 5.69 Å². The second-order valence-electron chi connectivity index (χ2n) is 5.64. The Bertz CT molecular complexity index is 808. The number of hydrogen-bond donors (Lipinski definition) is 1. The lowest BCUT2D eigenvalue weighted by Gasteiger charge is -2.13. The van der Waals surface area contributed by atoms with Crippen LogP contribution in [0.2, 0.25) is 5.02 Å². The summed E-state index contributed by atoms with van der Waals surface area (Å²) in [6.45, 7) is 4.75. The van der Waals surface area contributed by atoms with Crippen LogP contribution < -0.4 is 5.32 Å². The highest BCUT2D eigenvalue weighted by Gasteiger charge is 2.40. The van der Waals surface area contributed by atoms with Crippen LogP contribution in [0.1, 0.15) is 19.4 Å². The number of benzene rings is 1. The highest BCUT2D eigenvalue weighted by atomic mass is 35.5. The molecule has 1 unspecified atom stereocenters. The molecule has 0 radical (unpaired) electrons. The van der Waals surface area contributed by atoms with Gasteiger partial charge in [-0.05, 0) is 44.5 Å². The number of halogens is 1. The molecule has 7 nitrogen and oxygen atoms in total. The minimum Gasteiger partial charge on any atom is -0.463 e. The van der Waals surface area contributed by atoms with Crippen molar-refractivity contribution in [3.8, 4) is 0 Å². The minimum absolute atomic E-state index is 0.245. The Morgan fingerprint density at radius 2 is 1.73 bits per heavy atom. The summed E-state index contributed by atoms with van der Waals surface area (Å²) in [5.41, 5.74) is 1.24. The fourth-order valence-corrected chi connectivity index (χ4v) is 2.20. The first-order valence-electron chi connectivity index (χ1n) is 7.51. The van der Waals surface area contributed by atoms with E-state index in [9.17, 15) is 24.0 Å². The summed E-state index contributed by atoms with van der Waals surface area (Å²) < 4.78 is 4.27. The van der Waals surface area contributed by atoms with Crippen molar-refractivity contribution in [1.29, 1.82) is 0 Å². The molecule has 1 amide bonds. The number of nitrogens with one attached hydrogen (secondary N) is 1. The van der Waals surface area contributed by atoms with E-state index in [0.29, 0.717) is 16.2 Å². The number of hydrogen-bond acceptors (Lipinski definition) is 6. The van der Waals surface area contributed by atoms with Crippen molar-refractivity contribution in [3.63, 3.8) is 0 Å². The number of Topliss-reactive ketones (excluding diaryl/α,β-unsaturated/α-hetero) is 2. The molecule has 8 heteroatoms. The summed E-state index contributed by atoms with van der Waals surface area (Å²) in [5, 5.41) is 2.66.